The van der Waals surface area contributed by atoms with Crippen LogP contribution in [0.15, 0.2) is 29.2 Å². The molecule has 0 spiro atoms. The second-order valence-corrected chi connectivity index (χ2v) is 6.42. The van der Waals surface area contributed by atoms with Crippen molar-refractivity contribution in [2.45, 2.75) is 13.8 Å². The summed E-state index contributed by atoms with van der Waals surface area (Å²) in [5.74, 6) is -0.489. The number of pyridine rings is 1. The molecule has 2 aromatic heterocycles. The second-order valence-electron chi connectivity index (χ2n) is 4.81. The first-order valence-corrected chi connectivity index (χ1v) is 7.72. The number of rotatable bonds is 2. The van der Waals surface area contributed by atoms with Crippen LogP contribution in [0.25, 0.3) is 10.9 Å². The minimum absolute atomic E-state index is 0.0280. The Labute approximate surface area is 135 Å². The van der Waals surface area contributed by atoms with Gasteiger partial charge in [0.25, 0.3) is 5.91 Å². The van der Waals surface area contributed by atoms with Gasteiger partial charge in [0, 0.05) is 16.5 Å². The van der Waals surface area contributed by atoms with E-state index < -0.39 is 5.91 Å². The molecule has 0 radical (unpaired) electrons. The molecule has 5 nitrogen and oxygen atoms in total. The van der Waals surface area contributed by atoms with Crippen molar-refractivity contribution in [2.75, 3.05) is 5.32 Å². The maximum absolute atomic E-state index is 12.4. The fourth-order valence-electron chi connectivity index (χ4n) is 2.07. The molecule has 22 heavy (non-hydrogen) atoms. The number of nitrogens with one attached hydrogen (secondary N) is 2. The Morgan fingerprint density at radius 2 is 2.14 bits per heavy atom. The molecule has 3 aromatic rings. The zero-order valence-electron chi connectivity index (χ0n) is 11.9. The fourth-order valence-corrected chi connectivity index (χ4v) is 3.11. The van der Waals surface area contributed by atoms with Gasteiger partial charge in [-0.05, 0) is 26.0 Å². The van der Waals surface area contributed by atoms with Gasteiger partial charge in [-0.1, -0.05) is 17.7 Å². The van der Waals surface area contributed by atoms with Gasteiger partial charge >= 0.3 is 0 Å². The van der Waals surface area contributed by atoms with Gasteiger partial charge in [0.2, 0.25) is 5.43 Å². The summed E-state index contributed by atoms with van der Waals surface area (Å²) in [6.45, 7) is 3.79. The molecule has 1 aromatic carbocycles. The van der Waals surface area contributed by atoms with E-state index in [9.17, 15) is 9.59 Å². The van der Waals surface area contributed by atoms with Crippen molar-refractivity contribution in [3.63, 3.8) is 0 Å². The average Bonchev–Trinajstić information content (AvgIpc) is 2.78. The zero-order chi connectivity index (χ0) is 15.9. The highest BCUT2D eigenvalue weighted by Gasteiger charge is 2.15. The predicted molar refractivity (Wildman–Crippen MR) is 89.1 cm³/mol. The Bertz CT molecular complexity index is 926. The number of H-pyrrole nitrogens is 1. The molecule has 0 saturated carbocycles. The summed E-state index contributed by atoms with van der Waals surface area (Å²) >= 11 is 7.40. The summed E-state index contributed by atoms with van der Waals surface area (Å²) in [6.07, 6.45) is 1.37. The number of anilines is 1. The van der Waals surface area contributed by atoms with E-state index in [4.69, 9.17) is 11.6 Å². The van der Waals surface area contributed by atoms with Crippen molar-refractivity contribution < 1.29 is 4.79 Å². The van der Waals surface area contributed by atoms with Crippen LogP contribution >= 0.6 is 22.9 Å². The molecule has 2 N–H and O–H groups in total. The third-order valence-corrected chi connectivity index (χ3v) is 4.66. The highest BCUT2D eigenvalue weighted by Crippen LogP contribution is 2.22. The Hall–Kier alpha value is -2.18. The Morgan fingerprint density at radius 3 is 2.82 bits per heavy atom. The van der Waals surface area contributed by atoms with E-state index in [0.717, 1.165) is 10.6 Å². The molecule has 112 valence electrons. The largest absolute Gasteiger partial charge is 0.359 e. The number of carbonyl (C=O) groups is 1. The molecule has 0 atom stereocenters. The number of aryl methyl sites for hydroxylation is 2. The van der Waals surface area contributed by atoms with Gasteiger partial charge in [0.1, 0.15) is 5.56 Å². The number of nitrogens with zero attached hydrogens (tertiary/aromatic N) is 1. The van der Waals surface area contributed by atoms with Crippen LogP contribution in [0, 0.1) is 13.8 Å². The summed E-state index contributed by atoms with van der Waals surface area (Å²) in [7, 11) is 0. The summed E-state index contributed by atoms with van der Waals surface area (Å²) in [5.41, 5.74) is 1.05. The standard InChI is InChI=1S/C15H12ClN3O2S/c1-7-8(2)22-15(18-7)19-14(21)10-6-17-12-9(13(10)20)4-3-5-11(12)16/h3-6H,1-2H3,(H,17,20)(H,18,19,21). The van der Waals surface area contributed by atoms with E-state index in [0.29, 0.717) is 21.1 Å². The number of carbonyl (C=O) groups excluding carboxylic acids is 1. The van der Waals surface area contributed by atoms with Crippen LogP contribution in [0.3, 0.4) is 0 Å². The van der Waals surface area contributed by atoms with Gasteiger partial charge in [0.15, 0.2) is 5.13 Å². The molecule has 0 unspecified atom stereocenters. The molecular weight excluding hydrogens is 322 g/mol. The normalized spacial score (nSPS) is 10.9. The van der Waals surface area contributed by atoms with Crippen LogP contribution in [-0.2, 0) is 0 Å². The predicted octanol–water partition coefficient (Wildman–Crippen LogP) is 3.51. The number of halogens is 1. The van der Waals surface area contributed by atoms with Crippen LogP contribution < -0.4 is 10.7 Å². The Morgan fingerprint density at radius 1 is 1.36 bits per heavy atom. The molecule has 0 saturated heterocycles. The molecule has 0 bridgehead atoms. The highest BCUT2D eigenvalue weighted by atomic mass is 35.5. The van der Waals surface area contributed by atoms with Gasteiger partial charge in [-0.25, -0.2) is 4.98 Å². The number of thiazole rings is 1. The summed E-state index contributed by atoms with van der Waals surface area (Å²) in [6, 6.07) is 4.99. The number of aromatic amines is 1. The first-order chi connectivity index (χ1) is 10.5. The molecule has 0 aliphatic rings. The van der Waals surface area contributed by atoms with Crippen LogP contribution in [-0.4, -0.2) is 15.9 Å². The van der Waals surface area contributed by atoms with Gasteiger partial charge in [-0.15, -0.1) is 11.3 Å². The molecular formula is C15H12ClN3O2S. The number of hydrogen-bond donors (Lipinski definition) is 2. The van der Waals surface area contributed by atoms with Crippen molar-refractivity contribution in [1.82, 2.24) is 9.97 Å². The zero-order valence-corrected chi connectivity index (χ0v) is 13.4. The van der Waals surface area contributed by atoms with Crippen LogP contribution in [0.5, 0.6) is 0 Å². The number of amides is 1. The van der Waals surface area contributed by atoms with E-state index in [2.05, 4.69) is 15.3 Å². The van der Waals surface area contributed by atoms with E-state index >= 15 is 0 Å². The quantitative estimate of drug-likeness (QED) is 0.753. The van der Waals surface area contributed by atoms with Gasteiger partial charge < -0.3 is 4.98 Å². The van der Waals surface area contributed by atoms with Crippen LogP contribution in [0.4, 0.5) is 5.13 Å². The van der Waals surface area contributed by atoms with E-state index in [1.54, 1.807) is 18.2 Å². The number of benzene rings is 1. The van der Waals surface area contributed by atoms with E-state index in [1.165, 1.54) is 17.5 Å². The summed E-state index contributed by atoms with van der Waals surface area (Å²) in [4.78, 5) is 32.9. The first kappa shape index (κ1) is 14.7. The van der Waals surface area contributed by atoms with Crippen molar-refractivity contribution >= 4 is 44.9 Å². The topological polar surface area (TPSA) is 74.8 Å². The number of fused-ring (bicyclic) bond motifs is 1. The van der Waals surface area contributed by atoms with Crippen LogP contribution in [0.2, 0.25) is 5.02 Å². The third kappa shape index (κ3) is 2.51. The maximum Gasteiger partial charge on any atom is 0.262 e. The van der Waals surface area contributed by atoms with Gasteiger partial charge in [-0.2, -0.15) is 0 Å². The van der Waals surface area contributed by atoms with E-state index in [-0.39, 0.29) is 11.0 Å². The minimum atomic E-state index is -0.489. The monoisotopic (exact) mass is 333 g/mol. The fraction of sp³-hybridized carbons (Fsp3) is 0.133. The lowest BCUT2D eigenvalue weighted by Crippen LogP contribution is -2.21. The second kappa shape index (κ2) is 5.55. The summed E-state index contributed by atoms with van der Waals surface area (Å²) in [5, 5.41) is 3.95. The molecule has 3 rings (SSSR count). The van der Waals surface area contributed by atoms with E-state index in [1.807, 2.05) is 13.8 Å². The van der Waals surface area contributed by atoms with Crippen molar-refractivity contribution in [3.8, 4) is 0 Å². The number of hydrogen-bond acceptors (Lipinski definition) is 4. The van der Waals surface area contributed by atoms with Crippen molar-refractivity contribution in [1.29, 1.82) is 0 Å². The molecule has 1 amide bonds. The third-order valence-electron chi connectivity index (χ3n) is 3.36. The van der Waals surface area contributed by atoms with Crippen LogP contribution in [0.1, 0.15) is 20.9 Å². The van der Waals surface area contributed by atoms with Crippen molar-refractivity contribution in [2.24, 2.45) is 0 Å². The lowest BCUT2D eigenvalue weighted by Gasteiger charge is -2.04. The first-order valence-electron chi connectivity index (χ1n) is 6.52. The molecule has 7 heteroatoms. The molecule has 0 fully saturated rings. The highest BCUT2D eigenvalue weighted by molar-refractivity contribution is 7.15. The number of aromatic nitrogens is 2. The van der Waals surface area contributed by atoms with Gasteiger partial charge in [0.05, 0.1) is 16.2 Å². The van der Waals surface area contributed by atoms with Gasteiger partial charge in [-0.3, -0.25) is 14.9 Å². The SMILES string of the molecule is Cc1nc(NC(=O)c2c[nH]c3c(Cl)cccc3c2=O)sc1C. The lowest BCUT2D eigenvalue weighted by atomic mass is 10.1. The molecule has 2 heterocycles. The van der Waals surface area contributed by atoms with Crippen molar-refractivity contribution in [3.05, 3.63) is 55.8 Å². The smallest absolute Gasteiger partial charge is 0.262 e. The minimum Gasteiger partial charge on any atom is -0.359 e. The Balaban J connectivity index is 2.01. The molecule has 0 aliphatic heterocycles. The Kier molecular flexibility index (Phi) is 3.72. The summed E-state index contributed by atoms with van der Waals surface area (Å²) < 4.78 is 0. The molecule has 0 aliphatic carbocycles. The average molecular weight is 334 g/mol. The number of para-hydroxylation sites is 1. The maximum atomic E-state index is 12.4. The lowest BCUT2D eigenvalue weighted by molar-refractivity contribution is 0.102.